The lowest BCUT2D eigenvalue weighted by atomic mass is 10.1. The first-order valence-electron chi connectivity index (χ1n) is 9.32. The predicted octanol–water partition coefficient (Wildman–Crippen LogP) is 3.91. The molecule has 0 saturated carbocycles. The number of methoxy groups -OCH3 is 1. The number of nitrogens with zero attached hydrogens (tertiary/aromatic N) is 3. The van der Waals surface area contributed by atoms with Crippen molar-refractivity contribution in [1.82, 2.24) is 25.5 Å². The van der Waals surface area contributed by atoms with Crippen LogP contribution in [-0.4, -0.2) is 27.3 Å². The van der Waals surface area contributed by atoms with Gasteiger partial charge in [-0.1, -0.05) is 36.4 Å². The van der Waals surface area contributed by atoms with Crippen molar-refractivity contribution in [2.24, 2.45) is 0 Å². The summed E-state index contributed by atoms with van der Waals surface area (Å²) < 4.78 is 5.61. The minimum Gasteiger partial charge on any atom is -0.496 e. The van der Waals surface area contributed by atoms with Gasteiger partial charge in [0.15, 0.2) is 5.82 Å². The van der Waals surface area contributed by atoms with Gasteiger partial charge < -0.3 is 15.4 Å². The molecule has 29 heavy (non-hydrogen) atoms. The minimum absolute atomic E-state index is 0.636. The van der Waals surface area contributed by atoms with E-state index in [4.69, 9.17) is 4.74 Å². The Morgan fingerprint density at radius 2 is 1.79 bits per heavy atom. The Morgan fingerprint density at radius 3 is 2.59 bits per heavy atom. The molecule has 7 heteroatoms. The quantitative estimate of drug-likeness (QED) is 0.426. The number of anilines is 2. The monoisotopic (exact) mass is 386 g/mol. The summed E-state index contributed by atoms with van der Waals surface area (Å²) in [5.74, 6) is 2.09. The summed E-state index contributed by atoms with van der Waals surface area (Å²) >= 11 is 0. The normalized spacial score (nSPS) is 10.7. The highest BCUT2D eigenvalue weighted by Crippen LogP contribution is 2.31. The lowest BCUT2D eigenvalue weighted by molar-refractivity contribution is 0.415. The van der Waals surface area contributed by atoms with E-state index in [1.54, 1.807) is 25.7 Å². The third-order valence-electron chi connectivity index (χ3n) is 4.45. The van der Waals surface area contributed by atoms with Crippen LogP contribution in [0.25, 0.3) is 11.3 Å². The van der Waals surface area contributed by atoms with Crippen molar-refractivity contribution in [2.75, 3.05) is 12.4 Å². The van der Waals surface area contributed by atoms with Gasteiger partial charge in [-0.3, -0.25) is 10.1 Å². The van der Waals surface area contributed by atoms with Gasteiger partial charge >= 0.3 is 0 Å². The van der Waals surface area contributed by atoms with E-state index in [1.165, 1.54) is 5.56 Å². The van der Waals surface area contributed by atoms with Crippen LogP contribution in [0, 0.1) is 0 Å². The van der Waals surface area contributed by atoms with Gasteiger partial charge in [0.05, 0.1) is 19.0 Å². The number of ether oxygens (including phenoxy) is 1. The summed E-state index contributed by atoms with van der Waals surface area (Å²) in [4.78, 5) is 8.23. The smallest absolute Gasteiger partial charge is 0.153 e. The summed E-state index contributed by atoms with van der Waals surface area (Å²) in [6.07, 6.45) is 4.90. The van der Waals surface area contributed by atoms with E-state index >= 15 is 0 Å². The maximum absolute atomic E-state index is 5.61. The standard InChI is InChI=1S/C22H22N6O/c1-29-20-11-17(14-24-13-16-5-3-2-4-6-16)7-8-18(20)19-12-21(28-27-19)26-22-15-23-9-10-25-22/h2-12,15,24H,13-14H2,1H3,(H2,25,26,27,28). The molecule has 0 fully saturated rings. The topological polar surface area (TPSA) is 87.8 Å². The number of H-pyrrole nitrogens is 1. The summed E-state index contributed by atoms with van der Waals surface area (Å²) in [6, 6.07) is 18.4. The number of rotatable bonds is 8. The van der Waals surface area contributed by atoms with E-state index in [0.29, 0.717) is 11.6 Å². The van der Waals surface area contributed by atoms with E-state index in [9.17, 15) is 0 Å². The molecule has 3 N–H and O–H groups in total. The van der Waals surface area contributed by atoms with Crippen molar-refractivity contribution < 1.29 is 4.74 Å². The second-order valence-electron chi connectivity index (χ2n) is 6.51. The molecule has 0 amide bonds. The van der Waals surface area contributed by atoms with Gasteiger partial charge in [0.25, 0.3) is 0 Å². The average molecular weight is 386 g/mol. The third kappa shape index (κ3) is 4.77. The van der Waals surface area contributed by atoms with Crippen molar-refractivity contribution in [2.45, 2.75) is 13.1 Å². The molecule has 4 rings (SSSR count). The van der Waals surface area contributed by atoms with E-state index in [-0.39, 0.29) is 0 Å². The van der Waals surface area contributed by atoms with E-state index in [2.05, 4.69) is 49.0 Å². The average Bonchev–Trinajstić information content (AvgIpc) is 3.23. The molecule has 2 heterocycles. The van der Waals surface area contributed by atoms with Crippen molar-refractivity contribution in [3.8, 4) is 17.0 Å². The minimum atomic E-state index is 0.636. The van der Waals surface area contributed by atoms with E-state index in [0.717, 1.165) is 35.7 Å². The largest absolute Gasteiger partial charge is 0.496 e. The van der Waals surface area contributed by atoms with Gasteiger partial charge in [0.1, 0.15) is 11.6 Å². The number of benzene rings is 2. The van der Waals surface area contributed by atoms with Gasteiger partial charge in [-0.05, 0) is 23.3 Å². The van der Waals surface area contributed by atoms with Crippen LogP contribution < -0.4 is 15.4 Å². The van der Waals surface area contributed by atoms with Gasteiger partial charge in [-0.2, -0.15) is 5.10 Å². The molecule has 2 aromatic heterocycles. The summed E-state index contributed by atoms with van der Waals surface area (Å²) in [5.41, 5.74) is 4.21. The summed E-state index contributed by atoms with van der Waals surface area (Å²) in [5, 5.41) is 13.9. The number of hydrogen-bond acceptors (Lipinski definition) is 6. The first-order valence-corrected chi connectivity index (χ1v) is 9.32. The van der Waals surface area contributed by atoms with E-state index in [1.807, 2.05) is 36.4 Å². The van der Waals surface area contributed by atoms with Crippen LogP contribution in [0.3, 0.4) is 0 Å². The second-order valence-corrected chi connectivity index (χ2v) is 6.51. The third-order valence-corrected chi connectivity index (χ3v) is 4.45. The van der Waals surface area contributed by atoms with Gasteiger partial charge in [0, 0.05) is 37.1 Å². The van der Waals surface area contributed by atoms with Crippen LogP contribution in [0.1, 0.15) is 11.1 Å². The van der Waals surface area contributed by atoms with Gasteiger partial charge in [0.2, 0.25) is 0 Å². The Balaban J connectivity index is 1.44. The molecule has 0 radical (unpaired) electrons. The SMILES string of the molecule is COc1cc(CNCc2ccccc2)ccc1-c1cc(Nc2cnccn2)n[nH]1. The fraction of sp³-hybridized carbons (Fsp3) is 0.136. The maximum Gasteiger partial charge on any atom is 0.153 e. The number of aromatic nitrogens is 4. The summed E-state index contributed by atoms with van der Waals surface area (Å²) in [6.45, 7) is 1.58. The highest BCUT2D eigenvalue weighted by molar-refractivity contribution is 5.71. The fourth-order valence-electron chi connectivity index (χ4n) is 3.03. The van der Waals surface area contributed by atoms with Crippen LogP contribution in [0.15, 0.2) is 73.2 Å². The molecule has 4 aromatic rings. The maximum atomic E-state index is 5.61. The molecule has 146 valence electrons. The second kappa shape index (κ2) is 8.99. The number of hydrogen-bond donors (Lipinski definition) is 3. The number of aromatic amines is 1. The van der Waals surface area contributed by atoms with Gasteiger partial charge in [-0.25, -0.2) is 4.98 Å². The molecule has 0 spiro atoms. The first-order chi connectivity index (χ1) is 14.3. The molecule has 0 aliphatic heterocycles. The molecule has 0 saturated heterocycles. The highest BCUT2D eigenvalue weighted by Gasteiger charge is 2.11. The zero-order valence-electron chi connectivity index (χ0n) is 16.1. The molecular formula is C22H22N6O. The fourth-order valence-corrected chi connectivity index (χ4v) is 3.03. The van der Waals surface area contributed by atoms with Crippen LogP contribution in [0.2, 0.25) is 0 Å². The van der Waals surface area contributed by atoms with Gasteiger partial charge in [-0.15, -0.1) is 0 Å². The Kier molecular flexibility index (Phi) is 5.78. The molecule has 0 unspecified atom stereocenters. The Bertz CT molecular complexity index is 1050. The molecule has 0 aliphatic rings. The van der Waals surface area contributed by atoms with Crippen molar-refractivity contribution in [3.63, 3.8) is 0 Å². The molecule has 2 aromatic carbocycles. The number of nitrogens with one attached hydrogen (secondary N) is 3. The van der Waals surface area contributed by atoms with Crippen LogP contribution in [-0.2, 0) is 13.1 Å². The molecular weight excluding hydrogens is 364 g/mol. The predicted molar refractivity (Wildman–Crippen MR) is 113 cm³/mol. The highest BCUT2D eigenvalue weighted by atomic mass is 16.5. The molecule has 0 atom stereocenters. The van der Waals surface area contributed by atoms with Crippen LogP contribution >= 0.6 is 0 Å². The van der Waals surface area contributed by atoms with Crippen molar-refractivity contribution in [1.29, 1.82) is 0 Å². The van der Waals surface area contributed by atoms with Crippen LogP contribution in [0.5, 0.6) is 5.75 Å². The zero-order valence-corrected chi connectivity index (χ0v) is 16.1. The van der Waals surface area contributed by atoms with E-state index < -0.39 is 0 Å². The van der Waals surface area contributed by atoms with Crippen LogP contribution in [0.4, 0.5) is 11.6 Å². The zero-order chi connectivity index (χ0) is 19.9. The van der Waals surface area contributed by atoms with Crippen molar-refractivity contribution in [3.05, 3.63) is 84.3 Å². The van der Waals surface area contributed by atoms with Crippen molar-refractivity contribution >= 4 is 11.6 Å². The molecule has 7 nitrogen and oxygen atoms in total. The lowest BCUT2D eigenvalue weighted by Crippen LogP contribution is -2.12. The Morgan fingerprint density at radius 1 is 0.931 bits per heavy atom. The molecule has 0 aliphatic carbocycles. The summed E-state index contributed by atoms with van der Waals surface area (Å²) in [7, 11) is 1.68. The lowest BCUT2D eigenvalue weighted by Gasteiger charge is -2.10. The first kappa shape index (κ1) is 18.6. The molecule has 0 bridgehead atoms. The Labute approximate surface area is 169 Å². The Hall–Kier alpha value is -3.71.